The first-order chi connectivity index (χ1) is 21.0. The minimum atomic E-state index is -0.177. The number of rotatable bonds is 34. The molecule has 256 valence electrons. The lowest BCUT2D eigenvalue weighted by Gasteiger charge is -2.08. The molecule has 0 spiro atoms. The van der Waals surface area contributed by atoms with E-state index in [1.807, 2.05) is 0 Å². The molecule has 43 heavy (non-hydrogen) atoms. The Hall–Kier alpha value is -1.10. The fraction of sp³-hybridized carbons (Fsp3) is 0.947. The van der Waals surface area contributed by atoms with E-state index in [0.29, 0.717) is 12.8 Å². The maximum Gasteiger partial charge on any atom is 0.307 e. The van der Waals surface area contributed by atoms with Gasteiger partial charge in [0.15, 0.2) is 0 Å². The van der Waals surface area contributed by atoms with Gasteiger partial charge in [-0.25, -0.2) is 0 Å². The minimum Gasteiger partial charge on any atom is -0.450 e. The summed E-state index contributed by atoms with van der Waals surface area (Å²) < 4.78 is 10.4. The Labute approximate surface area is 268 Å². The topological polar surface area (TPSA) is 64.6 Å². The van der Waals surface area contributed by atoms with E-state index in [-0.39, 0.29) is 25.4 Å². The number of carbonyl (C=O) groups excluding carboxylic acids is 2. The van der Waals surface area contributed by atoms with E-state index in [2.05, 4.69) is 33.0 Å². The van der Waals surface area contributed by atoms with Crippen LogP contribution in [0.1, 0.15) is 207 Å². The third-order valence-electron chi connectivity index (χ3n) is 9.22. The van der Waals surface area contributed by atoms with Crippen molar-refractivity contribution in [2.45, 2.75) is 207 Å². The maximum atomic E-state index is 11.9. The number of nitrogens with one attached hydrogen (secondary N) is 1. The van der Waals surface area contributed by atoms with Crippen LogP contribution >= 0.6 is 0 Å². The predicted octanol–water partition coefficient (Wildman–Crippen LogP) is 11.8. The third-order valence-corrected chi connectivity index (χ3v) is 9.22. The van der Waals surface area contributed by atoms with Crippen LogP contribution < -0.4 is 5.32 Å². The summed E-state index contributed by atoms with van der Waals surface area (Å²) in [6.45, 7) is 9.51. The Morgan fingerprint density at radius 1 is 0.442 bits per heavy atom. The van der Waals surface area contributed by atoms with Gasteiger partial charge < -0.3 is 9.47 Å². The molecule has 0 aromatic carbocycles. The van der Waals surface area contributed by atoms with Crippen LogP contribution in [0.15, 0.2) is 0 Å². The summed E-state index contributed by atoms with van der Waals surface area (Å²) in [7, 11) is 0. The van der Waals surface area contributed by atoms with Gasteiger partial charge in [-0.1, -0.05) is 182 Å². The fourth-order valence-electron chi connectivity index (χ4n) is 5.56. The second kappa shape index (κ2) is 33.8. The zero-order valence-corrected chi connectivity index (χ0v) is 29.5. The highest BCUT2D eigenvalue weighted by atomic mass is 16.6. The summed E-state index contributed by atoms with van der Waals surface area (Å²) in [6.07, 6.45) is 34.5. The van der Waals surface area contributed by atoms with Gasteiger partial charge in [-0.2, -0.15) is 0 Å². The summed E-state index contributed by atoms with van der Waals surface area (Å²) >= 11 is 0. The van der Waals surface area contributed by atoms with Crippen molar-refractivity contribution in [3.8, 4) is 0 Å². The molecule has 0 aromatic heterocycles. The van der Waals surface area contributed by atoms with Crippen LogP contribution in [0.2, 0.25) is 0 Å². The summed E-state index contributed by atoms with van der Waals surface area (Å²) in [4.78, 5) is 23.8. The van der Waals surface area contributed by atoms with E-state index in [4.69, 9.17) is 9.47 Å². The van der Waals surface area contributed by atoms with Crippen molar-refractivity contribution in [2.75, 3.05) is 13.5 Å². The number of esters is 2. The average molecular weight is 610 g/mol. The molecule has 2 atom stereocenters. The molecule has 2 unspecified atom stereocenters. The molecule has 5 heteroatoms. The zero-order valence-electron chi connectivity index (χ0n) is 29.5. The van der Waals surface area contributed by atoms with Crippen LogP contribution in [0.4, 0.5) is 0 Å². The van der Waals surface area contributed by atoms with Gasteiger partial charge in [-0.05, 0) is 24.7 Å². The van der Waals surface area contributed by atoms with Crippen LogP contribution in [0, 0.1) is 11.8 Å². The Balaban J connectivity index is 3.29. The van der Waals surface area contributed by atoms with E-state index < -0.39 is 0 Å². The first kappa shape index (κ1) is 41.9. The molecular weight excluding hydrogens is 534 g/mol. The Morgan fingerprint density at radius 3 is 0.977 bits per heavy atom. The van der Waals surface area contributed by atoms with Gasteiger partial charge in [0.25, 0.3) is 0 Å². The van der Waals surface area contributed by atoms with Gasteiger partial charge in [-0.15, -0.1) is 0 Å². The average Bonchev–Trinajstić information content (AvgIpc) is 3.01. The Bertz CT molecular complexity index is 546. The van der Waals surface area contributed by atoms with Gasteiger partial charge in [0, 0.05) is 12.8 Å². The number of hydrogen-bond donors (Lipinski definition) is 1. The number of hydrogen-bond acceptors (Lipinski definition) is 5. The lowest BCUT2D eigenvalue weighted by atomic mass is 9.99. The van der Waals surface area contributed by atoms with Crippen LogP contribution in [0.5, 0.6) is 0 Å². The predicted molar refractivity (Wildman–Crippen MR) is 184 cm³/mol. The third kappa shape index (κ3) is 33.6. The number of unbranched alkanes of at least 4 members (excludes halogenated alkanes) is 20. The van der Waals surface area contributed by atoms with Crippen molar-refractivity contribution < 1.29 is 19.1 Å². The van der Waals surface area contributed by atoms with E-state index in [9.17, 15) is 9.59 Å². The SMILES string of the molecule is CCC(C)CCCCCCCCCCCCCC(=O)OCNCOC(=O)CCCCCCCCCCCCCC(C)CC. The van der Waals surface area contributed by atoms with Crippen molar-refractivity contribution in [1.82, 2.24) is 5.32 Å². The van der Waals surface area contributed by atoms with Gasteiger partial charge in [0.05, 0.1) is 0 Å². The summed E-state index contributed by atoms with van der Waals surface area (Å²) in [5.41, 5.74) is 0. The van der Waals surface area contributed by atoms with Crippen LogP contribution in [-0.2, 0) is 19.1 Å². The highest BCUT2D eigenvalue weighted by Crippen LogP contribution is 2.17. The van der Waals surface area contributed by atoms with E-state index in [0.717, 1.165) is 37.5 Å². The second-order valence-electron chi connectivity index (χ2n) is 13.5. The highest BCUT2D eigenvalue weighted by Gasteiger charge is 2.05. The molecule has 0 aliphatic heterocycles. The van der Waals surface area contributed by atoms with Crippen LogP contribution in [-0.4, -0.2) is 25.4 Å². The second-order valence-corrected chi connectivity index (χ2v) is 13.5. The Morgan fingerprint density at radius 2 is 0.698 bits per heavy atom. The molecule has 0 heterocycles. The fourth-order valence-corrected chi connectivity index (χ4v) is 5.56. The van der Waals surface area contributed by atoms with E-state index in [1.165, 1.54) is 141 Å². The van der Waals surface area contributed by atoms with Crippen LogP contribution in [0.3, 0.4) is 0 Å². The van der Waals surface area contributed by atoms with Crippen molar-refractivity contribution in [1.29, 1.82) is 0 Å². The van der Waals surface area contributed by atoms with Crippen molar-refractivity contribution >= 4 is 11.9 Å². The van der Waals surface area contributed by atoms with E-state index in [1.54, 1.807) is 0 Å². The first-order valence-corrected chi connectivity index (χ1v) is 19.0. The Kier molecular flexibility index (Phi) is 32.9. The minimum absolute atomic E-state index is 0.0990. The van der Waals surface area contributed by atoms with Crippen molar-refractivity contribution in [3.05, 3.63) is 0 Å². The molecule has 0 saturated carbocycles. The molecule has 0 saturated heterocycles. The summed E-state index contributed by atoms with van der Waals surface area (Å²) in [6, 6.07) is 0. The normalized spacial score (nSPS) is 12.7. The maximum absolute atomic E-state index is 11.9. The molecule has 0 fully saturated rings. The number of carbonyl (C=O) groups is 2. The molecule has 0 aliphatic carbocycles. The number of ether oxygens (including phenoxy) is 2. The zero-order chi connectivity index (χ0) is 31.6. The largest absolute Gasteiger partial charge is 0.450 e. The molecule has 0 aromatic rings. The lowest BCUT2D eigenvalue weighted by molar-refractivity contribution is -0.147. The van der Waals surface area contributed by atoms with Gasteiger partial charge in [-0.3, -0.25) is 14.9 Å². The lowest BCUT2D eigenvalue weighted by Crippen LogP contribution is -2.25. The monoisotopic (exact) mass is 610 g/mol. The molecule has 5 nitrogen and oxygen atoms in total. The van der Waals surface area contributed by atoms with Gasteiger partial charge in [0.2, 0.25) is 0 Å². The van der Waals surface area contributed by atoms with Crippen LogP contribution in [0.25, 0.3) is 0 Å². The van der Waals surface area contributed by atoms with Crippen molar-refractivity contribution in [2.24, 2.45) is 11.8 Å². The molecule has 0 rings (SSSR count). The standard InChI is InChI=1S/C38H75NO4/c1-5-35(3)29-25-21-17-13-9-7-11-15-19-23-27-31-37(40)42-33-39-34-43-38(41)32-28-24-20-16-12-8-10-14-18-22-26-30-36(4)6-2/h35-36,39H,5-34H2,1-4H3. The molecule has 0 radical (unpaired) electrons. The molecule has 0 amide bonds. The smallest absolute Gasteiger partial charge is 0.307 e. The van der Waals surface area contributed by atoms with Crippen molar-refractivity contribution in [3.63, 3.8) is 0 Å². The summed E-state index contributed by atoms with van der Waals surface area (Å²) in [5.74, 6) is 1.44. The van der Waals surface area contributed by atoms with Gasteiger partial charge in [0.1, 0.15) is 13.5 Å². The summed E-state index contributed by atoms with van der Waals surface area (Å²) in [5, 5.41) is 2.87. The quantitative estimate of drug-likeness (QED) is 0.0446. The highest BCUT2D eigenvalue weighted by molar-refractivity contribution is 5.69. The molecule has 0 aliphatic rings. The molecule has 0 bridgehead atoms. The van der Waals surface area contributed by atoms with E-state index >= 15 is 0 Å². The van der Waals surface area contributed by atoms with Gasteiger partial charge >= 0.3 is 11.9 Å². The molecule has 1 N–H and O–H groups in total. The first-order valence-electron chi connectivity index (χ1n) is 19.0. The molecular formula is C38H75NO4.